The van der Waals surface area contributed by atoms with Gasteiger partial charge in [0.05, 0.1) is 0 Å². The highest BCUT2D eigenvalue weighted by molar-refractivity contribution is 9.08. The molecule has 0 amide bonds. The summed E-state index contributed by atoms with van der Waals surface area (Å²) in [7, 11) is 0. The monoisotopic (exact) mass is 316 g/mol. The van der Waals surface area contributed by atoms with Crippen molar-refractivity contribution < 1.29 is 4.74 Å². The van der Waals surface area contributed by atoms with Gasteiger partial charge in [-0.1, -0.05) is 39.7 Å². The summed E-state index contributed by atoms with van der Waals surface area (Å²) in [5.74, 6) is 0.845. The molecule has 2 aromatic rings. The van der Waals surface area contributed by atoms with Gasteiger partial charge in [0.15, 0.2) is 0 Å². The molecule has 0 aliphatic heterocycles. The average Bonchev–Trinajstić information content (AvgIpc) is 2.79. The minimum absolute atomic E-state index is 0.595. The van der Waals surface area contributed by atoms with Crippen LogP contribution in [0, 0.1) is 0 Å². The maximum absolute atomic E-state index is 6.08. The number of hydrogen-bond acceptors (Lipinski definition) is 2. The smallest absolute Gasteiger partial charge is 0.125 e. The molecule has 1 nitrogen and oxygen atoms in total. The van der Waals surface area contributed by atoms with E-state index in [0.717, 1.165) is 16.3 Å². The number of halogens is 2. The predicted molar refractivity (Wildman–Crippen MR) is 72.7 cm³/mol. The minimum Gasteiger partial charge on any atom is -0.488 e. The van der Waals surface area contributed by atoms with Crippen LogP contribution in [0.4, 0.5) is 0 Å². The molecule has 4 heteroatoms. The van der Waals surface area contributed by atoms with Gasteiger partial charge in [0.2, 0.25) is 0 Å². The van der Waals surface area contributed by atoms with E-state index in [1.807, 2.05) is 29.6 Å². The Morgan fingerprint density at radius 2 is 2.12 bits per heavy atom. The summed E-state index contributed by atoms with van der Waals surface area (Å²) >= 11 is 11.2. The van der Waals surface area contributed by atoms with E-state index < -0.39 is 0 Å². The third-order valence-electron chi connectivity index (χ3n) is 2.16. The van der Waals surface area contributed by atoms with E-state index in [0.29, 0.717) is 11.9 Å². The maximum atomic E-state index is 6.08. The van der Waals surface area contributed by atoms with E-state index in [9.17, 15) is 0 Å². The zero-order valence-corrected chi connectivity index (χ0v) is 11.6. The normalized spacial score (nSPS) is 10.4. The van der Waals surface area contributed by atoms with E-state index in [4.69, 9.17) is 16.3 Å². The highest BCUT2D eigenvalue weighted by Gasteiger charge is 2.07. The molecule has 1 aromatic carbocycles. The quantitative estimate of drug-likeness (QED) is 0.731. The van der Waals surface area contributed by atoms with Gasteiger partial charge < -0.3 is 4.74 Å². The number of thiophene rings is 1. The fourth-order valence-electron chi connectivity index (χ4n) is 1.35. The highest BCUT2D eigenvalue weighted by atomic mass is 79.9. The van der Waals surface area contributed by atoms with Crippen LogP contribution in [0.1, 0.15) is 10.4 Å². The first kappa shape index (κ1) is 12.0. The van der Waals surface area contributed by atoms with E-state index in [-0.39, 0.29) is 0 Å². The van der Waals surface area contributed by atoms with Crippen LogP contribution in [0.5, 0.6) is 5.75 Å². The lowest BCUT2D eigenvalue weighted by Gasteiger charge is -2.10. The second-order valence-electron chi connectivity index (χ2n) is 3.22. The molecule has 0 atom stereocenters. The van der Waals surface area contributed by atoms with E-state index in [1.54, 1.807) is 11.3 Å². The van der Waals surface area contributed by atoms with Crippen LogP contribution in [-0.4, -0.2) is 0 Å². The lowest BCUT2D eigenvalue weighted by atomic mass is 10.2. The molecule has 2 rings (SSSR count). The lowest BCUT2D eigenvalue weighted by Crippen LogP contribution is -1.96. The SMILES string of the molecule is Clc1cccc(OCc2cccs2)c1CBr. The molecule has 16 heavy (non-hydrogen) atoms. The first-order chi connectivity index (χ1) is 7.81. The number of alkyl halides is 1. The number of rotatable bonds is 4. The van der Waals surface area contributed by atoms with Crippen molar-refractivity contribution in [1.82, 2.24) is 0 Å². The van der Waals surface area contributed by atoms with Crippen LogP contribution in [0.2, 0.25) is 5.02 Å². The topological polar surface area (TPSA) is 9.23 Å². The van der Waals surface area contributed by atoms with Gasteiger partial charge in [0.1, 0.15) is 12.4 Å². The molecule has 0 aliphatic rings. The van der Waals surface area contributed by atoms with Crippen molar-refractivity contribution in [2.45, 2.75) is 11.9 Å². The summed E-state index contributed by atoms with van der Waals surface area (Å²) < 4.78 is 5.75. The average molecular weight is 318 g/mol. The summed E-state index contributed by atoms with van der Waals surface area (Å²) in [6.07, 6.45) is 0. The molecular formula is C12H10BrClOS. The van der Waals surface area contributed by atoms with Crippen molar-refractivity contribution in [1.29, 1.82) is 0 Å². The van der Waals surface area contributed by atoms with Gasteiger partial charge in [-0.25, -0.2) is 0 Å². The Morgan fingerprint density at radius 3 is 2.81 bits per heavy atom. The molecule has 0 unspecified atom stereocenters. The van der Waals surface area contributed by atoms with Gasteiger partial charge >= 0.3 is 0 Å². The maximum Gasteiger partial charge on any atom is 0.125 e. The van der Waals surface area contributed by atoms with Gasteiger partial charge in [-0.3, -0.25) is 0 Å². The standard InChI is InChI=1S/C12H10BrClOS/c13-7-10-11(14)4-1-5-12(10)15-8-9-3-2-6-16-9/h1-6H,7-8H2. The van der Waals surface area contributed by atoms with Gasteiger partial charge in [-0.2, -0.15) is 0 Å². The van der Waals surface area contributed by atoms with Crippen molar-refractivity contribution >= 4 is 38.9 Å². The van der Waals surface area contributed by atoms with Crippen molar-refractivity contribution in [3.63, 3.8) is 0 Å². The van der Waals surface area contributed by atoms with Crippen molar-refractivity contribution in [3.05, 3.63) is 51.2 Å². The van der Waals surface area contributed by atoms with Gasteiger partial charge in [-0.05, 0) is 23.6 Å². The Hall–Kier alpha value is -0.510. The molecule has 0 spiro atoms. The fraction of sp³-hybridized carbons (Fsp3) is 0.167. The molecule has 0 N–H and O–H groups in total. The number of benzene rings is 1. The van der Waals surface area contributed by atoms with Crippen LogP contribution in [-0.2, 0) is 11.9 Å². The molecule has 0 radical (unpaired) electrons. The predicted octanol–water partition coefficient (Wildman–Crippen LogP) is 4.88. The van der Waals surface area contributed by atoms with E-state index in [2.05, 4.69) is 22.0 Å². The summed E-state index contributed by atoms with van der Waals surface area (Å²) in [4.78, 5) is 1.21. The van der Waals surface area contributed by atoms with Crippen LogP contribution in [0.3, 0.4) is 0 Å². The summed E-state index contributed by atoms with van der Waals surface area (Å²) in [5, 5.41) is 3.48. The van der Waals surface area contributed by atoms with Gasteiger partial charge in [0, 0.05) is 20.8 Å². The molecule has 0 saturated carbocycles. The Balaban J connectivity index is 2.12. The van der Waals surface area contributed by atoms with Crippen LogP contribution >= 0.6 is 38.9 Å². The lowest BCUT2D eigenvalue weighted by molar-refractivity contribution is 0.307. The first-order valence-corrected chi connectivity index (χ1v) is 7.17. The number of hydrogen-bond donors (Lipinski definition) is 0. The van der Waals surface area contributed by atoms with Crippen molar-refractivity contribution in [3.8, 4) is 5.75 Å². The second kappa shape index (κ2) is 5.71. The third-order valence-corrected chi connectivity index (χ3v) is 3.92. The Kier molecular flexibility index (Phi) is 4.27. The van der Waals surface area contributed by atoms with Crippen molar-refractivity contribution in [2.75, 3.05) is 0 Å². The molecule has 84 valence electrons. The summed E-state index contributed by atoms with van der Waals surface area (Å²) in [5.41, 5.74) is 1.00. The molecule has 1 heterocycles. The minimum atomic E-state index is 0.595. The Bertz CT molecular complexity index is 456. The molecule has 0 fully saturated rings. The highest BCUT2D eigenvalue weighted by Crippen LogP contribution is 2.29. The molecular weight excluding hydrogens is 308 g/mol. The fourth-order valence-corrected chi connectivity index (χ4v) is 2.94. The van der Waals surface area contributed by atoms with Crippen LogP contribution in [0.25, 0.3) is 0 Å². The van der Waals surface area contributed by atoms with E-state index >= 15 is 0 Å². The second-order valence-corrected chi connectivity index (χ2v) is 5.22. The molecule has 1 aromatic heterocycles. The molecule has 0 aliphatic carbocycles. The van der Waals surface area contributed by atoms with Gasteiger partial charge in [0.25, 0.3) is 0 Å². The number of ether oxygens (including phenoxy) is 1. The Labute approximate surface area is 112 Å². The third kappa shape index (κ3) is 2.78. The van der Waals surface area contributed by atoms with Crippen LogP contribution < -0.4 is 4.74 Å². The first-order valence-electron chi connectivity index (χ1n) is 4.80. The summed E-state index contributed by atoms with van der Waals surface area (Å²) in [6, 6.07) is 9.79. The molecule has 0 bridgehead atoms. The van der Waals surface area contributed by atoms with E-state index in [1.165, 1.54) is 4.88 Å². The summed E-state index contributed by atoms with van der Waals surface area (Å²) in [6.45, 7) is 0.595. The Morgan fingerprint density at radius 1 is 1.25 bits per heavy atom. The van der Waals surface area contributed by atoms with Crippen molar-refractivity contribution in [2.24, 2.45) is 0 Å². The van der Waals surface area contributed by atoms with Crippen LogP contribution in [0.15, 0.2) is 35.7 Å². The largest absolute Gasteiger partial charge is 0.488 e. The molecule has 0 saturated heterocycles. The van der Waals surface area contributed by atoms with Gasteiger partial charge in [-0.15, -0.1) is 11.3 Å². The zero-order chi connectivity index (χ0) is 11.4. The zero-order valence-electron chi connectivity index (χ0n) is 8.45.